The first-order chi connectivity index (χ1) is 12.2. The number of fused-ring (bicyclic) bond motifs is 1. The van der Waals surface area contributed by atoms with Crippen LogP contribution in [0.25, 0.3) is 10.9 Å². The van der Waals surface area contributed by atoms with Gasteiger partial charge in [-0.2, -0.15) is 0 Å². The van der Waals surface area contributed by atoms with Gasteiger partial charge >= 0.3 is 0 Å². The van der Waals surface area contributed by atoms with E-state index in [2.05, 4.69) is 57.2 Å². The van der Waals surface area contributed by atoms with Gasteiger partial charge in [-0.25, -0.2) is 0 Å². The van der Waals surface area contributed by atoms with Crippen LogP contribution < -0.4 is 0 Å². The molecule has 0 atom stereocenters. The molecule has 25 heavy (non-hydrogen) atoms. The van der Waals surface area contributed by atoms with Crippen molar-refractivity contribution >= 4 is 10.9 Å². The number of para-hydroxylation sites is 1. The maximum Gasteiger partial charge on any atom is 0.133 e. The molecular formula is C20H24N4O. The number of piperazine rings is 1. The van der Waals surface area contributed by atoms with E-state index in [0.29, 0.717) is 0 Å². The first kappa shape index (κ1) is 16.2. The van der Waals surface area contributed by atoms with Crippen molar-refractivity contribution in [1.29, 1.82) is 0 Å². The second kappa shape index (κ2) is 6.94. The molecule has 0 amide bonds. The number of aryl methyl sites for hydroxylation is 2. The summed E-state index contributed by atoms with van der Waals surface area (Å²) in [5, 5.41) is 5.38. The van der Waals surface area contributed by atoms with Crippen molar-refractivity contribution < 1.29 is 4.52 Å². The van der Waals surface area contributed by atoms with Gasteiger partial charge in [0.1, 0.15) is 5.76 Å². The van der Waals surface area contributed by atoms with Crippen LogP contribution in [0.3, 0.4) is 0 Å². The monoisotopic (exact) mass is 336 g/mol. The predicted octanol–water partition coefficient (Wildman–Crippen LogP) is 3.16. The van der Waals surface area contributed by atoms with E-state index in [-0.39, 0.29) is 0 Å². The highest BCUT2D eigenvalue weighted by atomic mass is 16.5. The number of pyridine rings is 1. The van der Waals surface area contributed by atoms with Gasteiger partial charge in [-0.05, 0) is 31.5 Å². The highest BCUT2D eigenvalue weighted by molar-refractivity contribution is 5.82. The number of hydrogen-bond acceptors (Lipinski definition) is 5. The Kier molecular flexibility index (Phi) is 4.51. The number of rotatable bonds is 4. The molecule has 5 heteroatoms. The average Bonchev–Trinajstić information content (AvgIpc) is 3.01. The van der Waals surface area contributed by atoms with Crippen LogP contribution in [0.2, 0.25) is 0 Å². The summed E-state index contributed by atoms with van der Waals surface area (Å²) < 4.78 is 5.17. The second-order valence-corrected chi connectivity index (χ2v) is 6.92. The van der Waals surface area contributed by atoms with Crippen molar-refractivity contribution in [3.8, 4) is 0 Å². The van der Waals surface area contributed by atoms with Crippen molar-refractivity contribution in [2.24, 2.45) is 0 Å². The molecule has 0 spiro atoms. The Balaban J connectivity index is 1.40. The molecule has 0 unspecified atom stereocenters. The fourth-order valence-corrected chi connectivity index (χ4v) is 3.59. The topological polar surface area (TPSA) is 45.4 Å². The molecule has 0 saturated carbocycles. The van der Waals surface area contributed by atoms with Crippen LogP contribution in [0.4, 0.5) is 0 Å². The molecule has 0 aliphatic carbocycles. The Morgan fingerprint density at radius 1 is 0.960 bits per heavy atom. The molecule has 5 nitrogen and oxygen atoms in total. The predicted molar refractivity (Wildman–Crippen MR) is 98.3 cm³/mol. The lowest BCUT2D eigenvalue weighted by Crippen LogP contribution is -2.45. The van der Waals surface area contributed by atoms with Gasteiger partial charge in [0.15, 0.2) is 0 Å². The van der Waals surface area contributed by atoms with Crippen LogP contribution in [0, 0.1) is 13.8 Å². The number of hydrogen-bond donors (Lipinski definition) is 0. The zero-order chi connectivity index (χ0) is 17.2. The number of benzene rings is 1. The molecule has 3 heterocycles. The zero-order valence-electron chi connectivity index (χ0n) is 14.9. The highest BCUT2D eigenvalue weighted by Crippen LogP contribution is 2.20. The van der Waals surface area contributed by atoms with Gasteiger partial charge in [0.25, 0.3) is 0 Å². The van der Waals surface area contributed by atoms with Crippen molar-refractivity contribution in [3.63, 3.8) is 0 Å². The summed E-state index contributed by atoms with van der Waals surface area (Å²) in [7, 11) is 0. The Hall–Kier alpha value is -2.24. The van der Waals surface area contributed by atoms with E-state index in [1.807, 2.05) is 13.0 Å². The van der Waals surface area contributed by atoms with Gasteiger partial charge in [-0.3, -0.25) is 14.8 Å². The average molecular weight is 336 g/mol. The Morgan fingerprint density at radius 3 is 2.40 bits per heavy atom. The van der Waals surface area contributed by atoms with Gasteiger partial charge in [0.2, 0.25) is 0 Å². The summed E-state index contributed by atoms with van der Waals surface area (Å²) in [5.74, 6) is 0.883. The van der Waals surface area contributed by atoms with Crippen LogP contribution in [0.1, 0.15) is 22.7 Å². The van der Waals surface area contributed by atoms with Crippen LogP contribution in [-0.4, -0.2) is 46.1 Å². The fourth-order valence-electron chi connectivity index (χ4n) is 3.59. The molecule has 2 aromatic heterocycles. The van der Waals surface area contributed by atoms with Crippen molar-refractivity contribution in [2.45, 2.75) is 26.9 Å². The lowest BCUT2D eigenvalue weighted by atomic mass is 10.1. The summed E-state index contributed by atoms with van der Waals surface area (Å²) in [6.07, 6.45) is 0. The number of aromatic nitrogens is 2. The molecule has 1 fully saturated rings. The summed E-state index contributed by atoms with van der Waals surface area (Å²) >= 11 is 0. The molecule has 130 valence electrons. The standard InChI is InChI=1S/C20H24N4O/c1-15-11-17(19-5-3-4-6-20(19)21-15)13-23-7-9-24(10-8-23)14-18-12-16(2)25-22-18/h3-6,11-12H,7-10,13-14H2,1-2H3. The third kappa shape index (κ3) is 3.72. The summed E-state index contributed by atoms with van der Waals surface area (Å²) in [4.78, 5) is 9.63. The quantitative estimate of drug-likeness (QED) is 0.732. The van der Waals surface area contributed by atoms with Gasteiger partial charge in [-0.1, -0.05) is 23.4 Å². The lowest BCUT2D eigenvalue weighted by molar-refractivity contribution is 0.120. The maximum absolute atomic E-state index is 5.17. The van der Waals surface area contributed by atoms with E-state index in [1.54, 1.807) is 0 Å². The van der Waals surface area contributed by atoms with E-state index in [0.717, 1.165) is 61.9 Å². The van der Waals surface area contributed by atoms with Crippen LogP contribution >= 0.6 is 0 Å². The minimum atomic E-state index is 0.877. The van der Waals surface area contributed by atoms with Crippen LogP contribution in [0.5, 0.6) is 0 Å². The molecule has 0 radical (unpaired) electrons. The third-order valence-corrected chi connectivity index (χ3v) is 4.85. The second-order valence-electron chi connectivity index (χ2n) is 6.92. The molecule has 0 N–H and O–H groups in total. The van der Waals surface area contributed by atoms with Gasteiger partial charge < -0.3 is 4.52 Å². The molecule has 0 bridgehead atoms. The normalized spacial score (nSPS) is 16.6. The first-order valence-corrected chi connectivity index (χ1v) is 8.89. The summed E-state index contributed by atoms with van der Waals surface area (Å²) in [6, 6.07) is 12.7. The van der Waals surface area contributed by atoms with Crippen molar-refractivity contribution in [3.05, 3.63) is 59.1 Å². The fraction of sp³-hybridized carbons (Fsp3) is 0.400. The van der Waals surface area contributed by atoms with Crippen LogP contribution in [-0.2, 0) is 13.1 Å². The smallest absolute Gasteiger partial charge is 0.133 e. The number of nitrogens with zero attached hydrogens (tertiary/aromatic N) is 4. The molecule has 1 saturated heterocycles. The molecule has 1 aliphatic heterocycles. The maximum atomic E-state index is 5.17. The van der Waals surface area contributed by atoms with Crippen molar-refractivity contribution in [2.75, 3.05) is 26.2 Å². The van der Waals surface area contributed by atoms with E-state index in [4.69, 9.17) is 4.52 Å². The SMILES string of the molecule is Cc1cc(CN2CCN(Cc3cc(C)on3)CC2)c2ccccc2n1. The molecule has 3 aromatic rings. The molecular weight excluding hydrogens is 312 g/mol. The summed E-state index contributed by atoms with van der Waals surface area (Å²) in [6.45, 7) is 10.2. The van der Waals surface area contributed by atoms with E-state index in [1.165, 1.54) is 10.9 Å². The highest BCUT2D eigenvalue weighted by Gasteiger charge is 2.19. The Bertz CT molecular complexity index is 865. The lowest BCUT2D eigenvalue weighted by Gasteiger charge is -2.34. The molecule has 1 aromatic carbocycles. The van der Waals surface area contributed by atoms with E-state index in [9.17, 15) is 0 Å². The van der Waals surface area contributed by atoms with E-state index < -0.39 is 0 Å². The minimum absolute atomic E-state index is 0.877. The molecule has 4 rings (SSSR count). The summed E-state index contributed by atoms with van der Waals surface area (Å²) in [5.41, 5.74) is 4.59. The molecule has 1 aliphatic rings. The zero-order valence-corrected chi connectivity index (χ0v) is 14.9. The third-order valence-electron chi connectivity index (χ3n) is 4.85. The van der Waals surface area contributed by atoms with E-state index >= 15 is 0 Å². The van der Waals surface area contributed by atoms with Gasteiger partial charge in [0, 0.05) is 56.4 Å². The Labute approximate surface area is 148 Å². The van der Waals surface area contributed by atoms with Gasteiger partial charge in [0.05, 0.1) is 11.2 Å². The first-order valence-electron chi connectivity index (χ1n) is 8.89. The Morgan fingerprint density at radius 2 is 1.68 bits per heavy atom. The van der Waals surface area contributed by atoms with Crippen LogP contribution in [0.15, 0.2) is 40.9 Å². The van der Waals surface area contributed by atoms with Crippen molar-refractivity contribution in [1.82, 2.24) is 19.9 Å². The van der Waals surface area contributed by atoms with Gasteiger partial charge in [-0.15, -0.1) is 0 Å². The largest absolute Gasteiger partial charge is 0.361 e. The minimum Gasteiger partial charge on any atom is -0.361 e.